The zero-order valence-electron chi connectivity index (χ0n) is 21.1. The van der Waals surface area contributed by atoms with E-state index in [2.05, 4.69) is 69.3 Å². The molecule has 0 fully saturated rings. The summed E-state index contributed by atoms with van der Waals surface area (Å²) < 4.78 is 0. The van der Waals surface area contributed by atoms with Crippen molar-refractivity contribution in [2.75, 3.05) is 0 Å². The first kappa shape index (κ1) is 24.4. The molecule has 29 heavy (non-hydrogen) atoms. The van der Waals surface area contributed by atoms with E-state index in [4.69, 9.17) is 0 Å². The van der Waals surface area contributed by atoms with Crippen molar-refractivity contribution in [1.29, 1.82) is 0 Å². The summed E-state index contributed by atoms with van der Waals surface area (Å²) in [6.45, 7) is 6.88. The molecule has 2 aromatic carbocycles. The van der Waals surface area contributed by atoms with Crippen molar-refractivity contribution in [3.05, 3.63) is 80.9 Å². The first-order chi connectivity index (χ1) is 13.1. The second kappa shape index (κ2) is 10.9. The minimum atomic E-state index is 0. The van der Waals surface area contributed by atoms with Gasteiger partial charge >= 0.3 is 37.7 Å². The van der Waals surface area contributed by atoms with Crippen LogP contribution in [0, 0.1) is 5.92 Å². The Kier molecular flexibility index (Phi) is 9.20. The van der Waals surface area contributed by atoms with Crippen LogP contribution in [0.4, 0.5) is 0 Å². The Bertz CT molecular complexity index is 913. The molecular weight excluding hydrogens is 338 g/mol. The fraction of sp³-hybridized carbons (Fsp3) is 0.407. The van der Waals surface area contributed by atoms with Gasteiger partial charge in [-0.25, -0.2) is 0 Å². The number of benzene rings is 2. The average Bonchev–Trinajstić information content (AvgIpc) is 3.25. The molecule has 0 saturated carbocycles. The molecule has 0 N–H and O–H groups in total. The minimum Gasteiger partial charge on any atom is -1.00 e. The number of unbranched alkanes of at least 4 members (excludes halogenated alkanes) is 2. The van der Waals surface area contributed by atoms with Gasteiger partial charge in [0.25, 0.3) is 0 Å². The molecule has 2 aliphatic carbocycles. The fourth-order valence-corrected chi connectivity index (χ4v) is 4.69. The Labute approximate surface area is 204 Å². The summed E-state index contributed by atoms with van der Waals surface area (Å²) >= 11 is 0. The average molecular weight is 372 g/mol. The maximum absolute atomic E-state index is 2.43. The summed E-state index contributed by atoms with van der Waals surface area (Å²) in [4.78, 5) is 0. The van der Waals surface area contributed by atoms with Gasteiger partial charge in [0.05, 0.1) is 0 Å². The molecule has 0 aromatic heterocycles. The summed E-state index contributed by atoms with van der Waals surface area (Å²) in [6.07, 6.45) is 13.5. The van der Waals surface area contributed by atoms with Crippen molar-refractivity contribution in [2.24, 2.45) is 5.92 Å². The van der Waals surface area contributed by atoms with Gasteiger partial charge in [0, 0.05) is 0 Å². The van der Waals surface area contributed by atoms with E-state index >= 15 is 0 Å². The van der Waals surface area contributed by atoms with Crippen LogP contribution >= 0.6 is 0 Å². The topological polar surface area (TPSA) is 0 Å². The van der Waals surface area contributed by atoms with E-state index in [1.54, 1.807) is 22.3 Å². The predicted octanol–water partition coefficient (Wildman–Crippen LogP) is 1.43. The molecule has 0 bridgehead atoms. The van der Waals surface area contributed by atoms with E-state index in [1.165, 1.54) is 60.8 Å². The van der Waals surface area contributed by atoms with Gasteiger partial charge in [-0.15, -0.1) is 0 Å². The van der Waals surface area contributed by atoms with E-state index in [0.29, 0.717) is 5.92 Å². The fourth-order valence-electron chi connectivity index (χ4n) is 4.69. The number of aryl methyl sites for hydroxylation is 2. The first-order valence-electron chi connectivity index (χ1n) is 10.7. The molecule has 0 saturated heterocycles. The van der Waals surface area contributed by atoms with Crippen molar-refractivity contribution >= 4 is 12.2 Å². The third kappa shape index (κ3) is 5.63. The second-order valence-electron chi connectivity index (χ2n) is 8.75. The zero-order valence-corrected chi connectivity index (χ0v) is 19.1. The Morgan fingerprint density at radius 2 is 1.52 bits per heavy atom. The predicted molar refractivity (Wildman–Crippen MR) is 120 cm³/mol. The van der Waals surface area contributed by atoms with Gasteiger partial charge in [-0.1, -0.05) is 80.0 Å². The largest absolute Gasteiger partial charge is 1.00 e. The van der Waals surface area contributed by atoms with Crippen LogP contribution in [0.25, 0.3) is 12.2 Å². The van der Waals surface area contributed by atoms with Gasteiger partial charge < -0.3 is 2.85 Å². The van der Waals surface area contributed by atoms with E-state index in [0.717, 1.165) is 6.42 Å². The molecule has 144 valence electrons. The summed E-state index contributed by atoms with van der Waals surface area (Å²) in [6, 6.07) is 13.8. The molecule has 0 radical (unpaired) electrons. The molecule has 2 aliphatic rings. The summed E-state index contributed by atoms with van der Waals surface area (Å²) in [5.74, 6) is 0.663. The van der Waals surface area contributed by atoms with Crippen LogP contribution in [0.1, 0.15) is 76.3 Å². The third-order valence-electron chi connectivity index (χ3n) is 6.31. The van der Waals surface area contributed by atoms with Gasteiger partial charge in [0.1, 0.15) is 0 Å². The number of allylic oxidation sites excluding steroid dienone is 2. The normalized spacial score (nSPS) is 13.9. The molecule has 0 unspecified atom stereocenters. The molecule has 0 spiro atoms. The van der Waals surface area contributed by atoms with Crippen LogP contribution in [0.5, 0.6) is 0 Å². The van der Waals surface area contributed by atoms with E-state index in [9.17, 15) is 0 Å². The van der Waals surface area contributed by atoms with Crippen molar-refractivity contribution in [3.8, 4) is 0 Å². The maximum atomic E-state index is 2.43. The van der Waals surface area contributed by atoms with Crippen LogP contribution in [-0.2, 0) is 25.7 Å². The van der Waals surface area contributed by atoms with Gasteiger partial charge in [0.15, 0.2) is 0 Å². The summed E-state index contributed by atoms with van der Waals surface area (Å²) in [5, 5.41) is 0. The number of rotatable bonds is 7. The van der Waals surface area contributed by atoms with Crippen molar-refractivity contribution < 1.29 is 40.6 Å². The van der Waals surface area contributed by atoms with Crippen molar-refractivity contribution in [1.82, 2.24) is 0 Å². The Morgan fingerprint density at radius 1 is 0.828 bits per heavy atom. The monoisotopic (exact) mass is 372 g/mol. The van der Waals surface area contributed by atoms with Gasteiger partial charge in [-0.05, 0) is 84.7 Å². The quantitative estimate of drug-likeness (QED) is 0.510. The Hall–Kier alpha value is -0.885. The minimum absolute atomic E-state index is 0. The molecule has 0 amide bonds. The van der Waals surface area contributed by atoms with Gasteiger partial charge in [-0.3, -0.25) is 0 Å². The Balaban J connectivity index is 0.00000225. The van der Waals surface area contributed by atoms with Crippen molar-refractivity contribution in [2.45, 2.75) is 65.7 Å². The van der Waals surface area contributed by atoms with Crippen LogP contribution in [0.2, 0.25) is 0 Å². The standard InChI is InChI=1S/C27H32.2Li.2H/c1-19(2)25-17-24-14-8-12-22(27(24)18-25)10-6-4-5-9-21-11-7-13-23-15-20(3)16-26(21)23;;;;/h7-8,11-14,16-17,19H,4-6,9-10,15,18H2,1-3H3;;;;/q;2*+1;2*-1. The number of hydrogen-bond donors (Lipinski definition) is 0. The van der Waals surface area contributed by atoms with E-state index in [-0.39, 0.29) is 40.6 Å². The van der Waals surface area contributed by atoms with Crippen molar-refractivity contribution in [3.63, 3.8) is 0 Å². The smallest absolute Gasteiger partial charge is 1.00 e. The Morgan fingerprint density at radius 3 is 2.28 bits per heavy atom. The maximum Gasteiger partial charge on any atom is 1.00 e. The first-order valence-corrected chi connectivity index (χ1v) is 10.7. The zero-order chi connectivity index (χ0) is 18.8. The summed E-state index contributed by atoms with van der Waals surface area (Å²) in [7, 11) is 0. The van der Waals surface area contributed by atoms with Crippen LogP contribution < -0.4 is 37.7 Å². The molecule has 0 atom stereocenters. The number of fused-ring (bicyclic) bond motifs is 2. The van der Waals surface area contributed by atoms with E-state index in [1.807, 2.05) is 0 Å². The molecule has 0 nitrogen and oxygen atoms in total. The van der Waals surface area contributed by atoms with Crippen LogP contribution in [0.15, 0.2) is 47.5 Å². The molecule has 2 aromatic rings. The molecule has 0 aliphatic heterocycles. The summed E-state index contributed by atoms with van der Waals surface area (Å²) in [5.41, 5.74) is 12.3. The third-order valence-corrected chi connectivity index (χ3v) is 6.31. The van der Waals surface area contributed by atoms with Crippen LogP contribution in [0.3, 0.4) is 0 Å². The second-order valence-corrected chi connectivity index (χ2v) is 8.75. The van der Waals surface area contributed by atoms with Crippen LogP contribution in [-0.4, -0.2) is 0 Å². The SMILES string of the molecule is CC1=Cc2c(CCCCCc3cccc4c3CC(C(C)C)=C4)cccc2C1.[H-].[H-].[Li+].[Li+]. The van der Waals surface area contributed by atoms with E-state index < -0.39 is 0 Å². The van der Waals surface area contributed by atoms with Gasteiger partial charge in [-0.2, -0.15) is 0 Å². The molecule has 4 rings (SSSR count). The van der Waals surface area contributed by atoms with Gasteiger partial charge in [0.2, 0.25) is 0 Å². The molecular formula is C27H34Li2. The molecule has 0 heterocycles. The number of hydrogen-bond acceptors (Lipinski definition) is 0. The molecule has 2 heteroatoms.